The smallest absolute Gasteiger partial charge is 0.250 e. The molecule has 0 unspecified atom stereocenters. The number of nitrogens with one attached hydrogen (secondary N) is 1. The fourth-order valence-electron chi connectivity index (χ4n) is 4.86. The quantitative estimate of drug-likeness (QED) is 0.314. The molecular formula is C29H24BrFN4O2. The highest BCUT2D eigenvalue weighted by Crippen LogP contribution is 2.36. The molecule has 8 heteroatoms. The number of hydrogen-bond acceptors (Lipinski definition) is 4. The van der Waals surface area contributed by atoms with Crippen LogP contribution in [0, 0.1) is 5.82 Å². The van der Waals surface area contributed by atoms with Crippen LogP contribution < -0.4 is 5.32 Å². The molecule has 186 valence electrons. The third-order valence-electron chi connectivity index (χ3n) is 6.71. The van der Waals surface area contributed by atoms with E-state index in [2.05, 4.69) is 46.0 Å². The number of rotatable bonds is 6. The SMILES string of the molecule is C=C1Cc2cc(CCN3C(=O)CO[C@@H]3c3cn(-c4ccc(Br)cc4)nc3-c3ccc(F)cc3)ccc2N1. The number of carbonyl (C=O) groups excluding carboxylic acids is 1. The molecule has 37 heavy (non-hydrogen) atoms. The number of ether oxygens (including phenoxy) is 1. The minimum absolute atomic E-state index is 0.00488. The molecule has 2 aliphatic heterocycles. The van der Waals surface area contributed by atoms with Crippen molar-refractivity contribution in [3.63, 3.8) is 0 Å². The summed E-state index contributed by atoms with van der Waals surface area (Å²) in [5.41, 5.74) is 7.48. The highest BCUT2D eigenvalue weighted by atomic mass is 79.9. The van der Waals surface area contributed by atoms with E-state index in [1.807, 2.05) is 30.5 Å². The standard InChI is InChI=1S/C29H24BrFN4O2/c1-18-14-21-15-19(2-11-26(21)32-18)12-13-34-27(36)17-37-29(34)25-16-35(24-9-5-22(30)6-10-24)33-28(25)20-3-7-23(31)8-4-20/h2-11,15-16,29,32H,1,12-14,17H2/t29-/m1/s1. The van der Waals surface area contributed by atoms with Crippen molar-refractivity contribution < 1.29 is 13.9 Å². The van der Waals surface area contributed by atoms with E-state index < -0.39 is 6.23 Å². The summed E-state index contributed by atoms with van der Waals surface area (Å²) >= 11 is 3.47. The molecule has 1 atom stereocenters. The van der Waals surface area contributed by atoms with Gasteiger partial charge in [0.25, 0.3) is 5.91 Å². The Morgan fingerprint density at radius 1 is 1.11 bits per heavy atom. The summed E-state index contributed by atoms with van der Waals surface area (Å²) in [6.45, 7) is 4.52. The second kappa shape index (κ2) is 9.61. The Morgan fingerprint density at radius 2 is 1.89 bits per heavy atom. The van der Waals surface area contributed by atoms with Crippen molar-refractivity contribution in [2.45, 2.75) is 19.1 Å². The van der Waals surface area contributed by atoms with Crippen molar-refractivity contribution >= 4 is 27.5 Å². The number of amides is 1. The second-order valence-electron chi connectivity index (χ2n) is 9.26. The average molecular weight is 559 g/mol. The average Bonchev–Trinajstić information content (AvgIpc) is 3.59. The number of carbonyl (C=O) groups is 1. The highest BCUT2D eigenvalue weighted by molar-refractivity contribution is 9.10. The molecular weight excluding hydrogens is 535 g/mol. The Morgan fingerprint density at radius 3 is 2.68 bits per heavy atom. The van der Waals surface area contributed by atoms with E-state index in [-0.39, 0.29) is 18.3 Å². The molecule has 3 heterocycles. The normalized spacial score (nSPS) is 16.8. The van der Waals surface area contributed by atoms with Crippen LogP contribution in [-0.2, 0) is 22.4 Å². The monoisotopic (exact) mass is 558 g/mol. The Kier molecular flexibility index (Phi) is 6.14. The van der Waals surface area contributed by atoms with Gasteiger partial charge < -0.3 is 15.0 Å². The fourth-order valence-corrected chi connectivity index (χ4v) is 5.13. The predicted octanol–water partition coefficient (Wildman–Crippen LogP) is 6.02. The zero-order chi connectivity index (χ0) is 25.5. The first-order valence-electron chi connectivity index (χ1n) is 12.0. The van der Waals surface area contributed by atoms with Crippen molar-refractivity contribution in [3.05, 3.63) is 112 Å². The molecule has 0 radical (unpaired) electrons. The maximum absolute atomic E-state index is 13.7. The van der Waals surface area contributed by atoms with Gasteiger partial charge in [-0.1, -0.05) is 34.6 Å². The summed E-state index contributed by atoms with van der Waals surface area (Å²) in [6, 6.07) is 20.3. The van der Waals surface area contributed by atoms with Gasteiger partial charge >= 0.3 is 0 Å². The van der Waals surface area contributed by atoms with Crippen LogP contribution in [0.5, 0.6) is 0 Å². The fraction of sp³-hybridized carbons (Fsp3) is 0.172. The van der Waals surface area contributed by atoms with Crippen LogP contribution in [0.3, 0.4) is 0 Å². The number of hydrogen-bond donors (Lipinski definition) is 1. The lowest BCUT2D eigenvalue weighted by atomic mass is 10.0. The van der Waals surface area contributed by atoms with E-state index in [9.17, 15) is 9.18 Å². The van der Waals surface area contributed by atoms with Crippen LogP contribution >= 0.6 is 15.9 Å². The van der Waals surface area contributed by atoms with Gasteiger partial charge in [-0.05, 0) is 72.1 Å². The van der Waals surface area contributed by atoms with E-state index in [0.29, 0.717) is 18.7 Å². The molecule has 0 spiro atoms. The minimum Gasteiger partial charge on any atom is -0.359 e. The van der Waals surface area contributed by atoms with Crippen LogP contribution in [0.15, 0.2) is 89.7 Å². The summed E-state index contributed by atoms with van der Waals surface area (Å²) in [7, 11) is 0. The number of aromatic nitrogens is 2. The zero-order valence-corrected chi connectivity index (χ0v) is 21.5. The van der Waals surface area contributed by atoms with Crippen LogP contribution in [0.2, 0.25) is 0 Å². The van der Waals surface area contributed by atoms with Crippen molar-refractivity contribution in [2.75, 3.05) is 18.5 Å². The van der Waals surface area contributed by atoms with Gasteiger partial charge in [0, 0.05) is 46.1 Å². The Labute approximate surface area is 222 Å². The molecule has 1 fully saturated rings. The molecule has 0 bridgehead atoms. The first-order chi connectivity index (χ1) is 17.9. The molecule has 1 saturated heterocycles. The number of benzene rings is 3. The van der Waals surface area contributed by atoms with Crippen LogP contribution in [0.25, 0.3) is 16.9 Å². The van der Waals surface area contributed by atoms with Crippen LogP contribution in [0.1, 0.15) is 22.9 Å². The van der Waals surface area contributed by atoms with Crippen molar-refractivity contribution in [2.24, 2.45) is 0 Å². The molecule has 6 rings (SSSR count). The summed E-state index contributed by atoms with van der Waals surface area (Å²) < 4.78 is 22.4. The number of halogens is 2. The Hall–Kier alpha value is -3.75. The van der Waals surface area contributed by atoms with Crippen molar-refractivity contribution in [1.29, 1.82) is 0 Å². The molecule has 0 saturated carbocycles. The van der Waals surface area contributed by atoms with E-state index >= 15 is 0 Å². The zero-order valence-electron chi connectivity index (χ0n) is 20.0. The van der Waals surface area contributed by atoms with Gasteiger partial charge in [-0.15, -0.1) is 0 Å². The second-order valence-corrected chi connectivity index (χ2v) is 10.2. The molecule has 3 aromatic carbocycles. The Balaban J connectivity index is 1.32. The van der Waals surface area contributed by atoms with E-state index in [0.717, 1.165) is 44.7 Å². The lowest BCUT2D eigenvalue weighted by Crippen LogP contribution is -2.30. The first-order valence-corrected chi connectivity index (χ1v) is 12.8. The molecule has 2 aliphatic rings. The van der Waals surface area contributed by atoms with Crippen molar-refractivity contribution in [1.82, 2.24) is 14.7 Å². The molecule has 1 aromatic heterocycles. The summed E-state index contributed by atoms with van der Waals surface area (Å²) in [4.78, 5) is 14.7. The minimum atomic E-state index is -0.590. The van der Waals surface area contributed by atoms with Gasteiger partial charge in [-0.3, -0.25) is 4.79 Å². The van der Waals surface area contributed by atoms with Gasteiger partial charge in [0.2, 0.25) is 0 Å². The molecule has 1 N–H and O–H groups in total. The van der Waals surface area contributed by atoms with E-state index in [1.165, 1.54) is 17.7 Å². The third-order valence-corrected chi connectivity index (χ3v) is 7.24. The molecule has 6 nitrogen and oxygen atoms in total. The maximum Gasteiger partial charge on any atom is 0.250 e. The van der Waals surface area contributed by atoms with Gasteiger partial charge in [0.1, 0.15) is 18.1 Å². The van der Waals surface area contributed by atoms with Crippen molar-refractivity contribution in [3.8, 4) is 16.9 Å². The summed E-state index contributed by atoms with van der Waals surface area (Å²) in [5, 5.41) is 8.11. The Bertz CT molecular complexity index is 1500. The first kappa shape index (κ1) is 23.6. The van der Waals surface area contributed by atoms with Gasteiger partial charge in [-0.25, -0.2) is 9.07 Å². The summed E-state index contributed by atoms with van der Waals surface area (Å²) in [6.07, 6.45) is 2.81. The van der Waals surface area contributed by atoms with Gasteiger partial charge in [-0.2, -0.15) is 5.10 Å². The predicted molar refractivity (Wildman–Crippen MR) is 144 cm³/mol. The number of anilines is 1. The maximum atomic E-state index is 13.7. The largest absolute Gasteiger partial charge is 0.359 e. The topological polar surface area (TPSA) is 59.4 Å². The molecule has 4 aromatic rings. The van der Waals surface area contributed by atoms with E-state index in [4.69, 9.17) is 9.84 Å². The molecule has 1 amide bonds. The van der Waals surface area contributed by atoms with Crippen LogP contribution in [0.4, 0.5) is 10.1 Å². The lowest BCUT2D eigenvalue weighted by Gasteiger charge is -2.23. The highest BCUT2D eigenvalue weighted by Gasteiger charge is 2.36. The third kappa shape index (κ3) is 4.70. The van der Waals surface area contributed by atoms with E-state index in [1.54, 1.807) is 21.7 Å². The number of fused-ring (bicyclic) bond motifs is 1. The van der Waals surface area contributed by atoms with Crippen LogP contribution in [-0.4, -0.2) is 33.7 Å². The summed E-state index contributed by atoms with van der Waals surface area (Å²) in [5.74, 6) is -0.387. The lowest BCUT2D eigenvalue weighted by molar-refractivity contribution is -0.128. The number of nitrogens with zero attached hydrogens (tertiary/aromatic N) is 3. The van der Waals surface area contributed by atoms with Gasteiger partial charge in [0.05, 0.1) is 5.69 Å². The molecule has 0 aliphatic carbocycles. The number of allylic oxidation sites excluding steroid dienone is 1. The van der Waals surface area contributed by atoms with Gasteiger partial charge in [0.15, 0.2) is 6.23 Å².